The first-order valence-electron chi connectivity index (χ1n) is 27.6. The van der Waals surface area contributed by atoms with Gasteiger partial charge in [-0.25, -0.2) is 0 Å². The Morgan fingerprint density at radius 2 is 0.591 bits per heavy atom. The van der Waals surface area contributed by atoms with Gasteiger partial charge < -0.3 is 14.2 Å². The fraction of sp³-hybridized carbons (Fsp3) is 0.717. The van der Waals surface area contributed by atoms with Gasteiger partial charge >= 0.3 is 17.9 Å². The van der Waals surface area contributed by atoms with Crippen molar-refractivity contribution in [2.45, 2.75) is 264 Å². The third kappa shape index (κ3) is 51.6. The molecule has 0 aromatic carbocycles. The maximum Gasteiger partial charge on any atom is 0.306 e. The van der Waals surface area contributed by atoms with Crippen molar-refractivity contribution in [3.63, 3.8) is 0 Å². The lowest BCUT2D eigenvalue weighted by atomic mass is 10.0. The molecule has 0 fully saturated rings. The Labute approximate surface area is 407 Å². The molecule has 0 spiro atoms. The van der Waals surface area contributed by atoms with Crippen molar-refractivity contribution in [2.24, 2.45) is 0 Å². The van der Waals surface area contributed by atoms with Crippen molar-refractivity contribution in [1.82, 2.24) is 0 Å². The SMILES string of the molecule is CC/C=C\C/C=C\C/C=C\C/C=C\C/C=C\C/C=C\C/C=C\CCCCCCCCCCCCCC(=O)OCC(COC(=O)CCCCCCCC)OC(=O)CCCCCCCCCCC. The number of rotatable bonds is 49. The lowest BCUT2D eigenvalue weighted by Gasteiger charge is -2.18. The number of carbonyl (C=O) groups is 3. The van der Waals surface area contributed by atoms with Crippen molar-refractivity contribution in [2.75, 3.05) is 13.2 Å². The van der Waals surface area contributed by atoms with Gasteiger partial charge in [0.25, 0.3) is 0 Å². The van der Waals surface area contributed by atoms with Crippen LogP contribution in [-0.2, 0) is 28.6 Å². The van der Waals surface area contributed by atoms with Crippen LogP contribution in [0.2, 0.25) is 0 Å². The summed E-state index contributed by atoms with van der Waals surface area (Å²) in [4.78, 5) is 37.6. The zero-order chi connectivity index (χ0) is 47.9. The summed E-state index contributed by atoms with van der Waals surface area (Å²) in [6.07, 6.45) is 70.5. The first-order chi connectivity index (χ1) is 32.5. The predicted octanol–water partition coefficient (Wildman–Crippen LogP) is 18.4. The van der Waals surface area contributed by atoms with E-state index >= 15 is 0 Å². The third-order valence-corrected chi connectivity index (χ3v) is 11.7. The maximum atomic E-state index is 12.7. The van der Waals surface area contributed by atoms with Gasteiger partial charge in [-0.05, 0) is 77.0 Å². The van der Waals surface area contributed by atoms with Crippen LogP contribution in [0.3, 0.4) is 0 Å². The van der Waals surface area contributed by atoms with Gasteiger partial charge in [0.2, 0.25) is 0 Å². The molecule has 0 saturated heterocycles. The summed E-state index contributed by atoms with van der Waals surface area (Å²) in [7, 11) is 0. The van der Waals surface area contributed by atoms with Crippen molar-refractivity contribution in [3.8, 4) is 0 Å². The highest BCUT2D eigenvalue weighted by molar-refractivity contribution is 5.71. The zero-order valence-corrected chi connectivity index (χ0v) is 43.2. The Bertz CT molecular complexity index is 1290. The largest absolute Gasteiger partial charge is 0.462 e. The summed E-state index contributed by atoms with van der Waals surface area (Å²) in [5.74, 6) is -0.889. The lowest BCUT2D eigenvalue weighted by Crippen LogP contribution is -2.30. The van der Waals surface area contributed by atoms with Gasteiger partial charge in [0.1, 0.15) is 13.2 Å². The second kappa shape index (κ2) is 54.2. The van der Waals surface area contributed by atoms with E-state index in [0.29, 0.717) is 19.3 Å². The fourth-order valence-corrected chi connectivity index (χ4v) is 7.54. The number of hydrogen-bond donors (Lipinski definition) is 0. The highest BCUT2D eigenvalue weighted by Gasteiger charge is 2.19. The van der Waals surface area contributed by atoms with Crippen LogP contribution in [0, 0.1) is 0 Å². The van der Waals surface area contributed by atoms with Crippen LogP contribution in [-0.4, -0.2) is 37.2 Å². The standard InChI is InChI=1S/C60H102O6/c1-4-7-10-13-16-18-19-20-21-22-23-24-25-26-27-28-29-30-31-32-33-34-35-36-37-38-39-40-41-43-44-47-50-53-59(62)65-56-57(55-64-58(61)52-49-46-15-12-9-6-3)66-60(63)54-51-48-45-42-17-14-11-8-5-2/h7,10,16,18,20-21,23-24,26-27,29-30,32-33,57H,4-6,8-9,11-15,17,19,22,25,28,31,34-56H2,1-3H3/b10-7-,18-16-,21-20-,24-23-,27-26-,30-29-,33-32-. The molecule has 378 valence electrons. The molecule has 6 nitrogen and oxygen atoms in total. The fourth-order valence-electron chi connectivity index (χ4n) is 7.54. The van der Waals surface area contributed by atoms with Crippen molar-refractivity contribution < 1.29 is 28.6 Å². The summed E-state index contributed by atoms with van der Waals surface area (Å²) < 4.78 is 16.7. The highest BCUT2D eigenvalue weighted by Crippen LogP contribution is 2.15. The summed E-state index contributed by atoms with van der Waals surface area (Å²) in [5.41, 5.74) is 0. The van der Waals surface area contributed by atoms with Crippen LogP contribution < -0.4 is 0 Å². The monoisotopic (exact) mass is 919 g/mol. The molecule has 0 radical (unpaired) electrons. The molecule has 0 bridgehead atoms. The minimum atomic E-state index is -0.769. The molecule has 1 atom stereocenters. The molecule has 0 saturated carbocycles. The third-order valence-electron chi connectivity index (χ3n) is 11.7. The Kier molecular flexibility index (Phi) is 51.4. The summed E-state index contributed by atoms with van der Waals surface area (Å²) in [6.45, 7) is 6.44. The van der Waals surface area contributed by atoms with Gasteiger partial charge in [0.05, 0.1) is 0 Å². The summed E-state index contributed by atoms with van der Waals surface area (Å²) in [6, 6.07) is 0. The van der Waals surface area contributed by atoms with Gasteiger partial charge in [0.15, 0.2) is 6.10 Å². The van der Waals surface area contributed by atoms with Gasteiger partial charge in [-0.1, -0.05) is 247 Å². The molecule has 66 heavy (non-hydrogen) atoms. The summed E-state index contributed by atoms with van der Waals surface area (Å²) >= 11 is 0. The molecule has 0 amide bonds. The molecule has 0 aliphatic rings. The number of hydrogen-bond acceptors (Lipinski definition) is 6. The van der Waals surface area contributed by atoms with Crippen molar-refractivity contribution in [3.05, 3.63) is 85.1 Å². The molecule has 0 aromatic rings. The van der Waals surface area contributed by atoms with Gasteiger partial charge in [-0.15, -0.1) is 0 Å². The Hall–Kier alpha value is -3.41. The number of carbonyl (C=O) groups excluding carboxylic acids is 3. The molecular weight excluding hydrogens is 817 g/mol. The van der Waals surface area contributed by atoms with E-state index in [4.69, 9.17) is 14.2 Å². The molecule has 0 N–H and O–H groups in total. The lowest BCUT2D eigenvalue weighted by molar-refractivity contribution is -0.167. The highest BCUT2D eigenvalue weighted by atomic mass is 16.6. The molecule has 0 aliphatic carbocycles. The summed E-state index contributed by atoms with van der Waals surface area (Å²) in [5, 5.41) is 0. The predicted molar refractivity (Wildman–Crippen MR) is 284 cm³/mol. The molecule has 0 heterocycles. The Morgan fingerprint density at radius 3 is 0.924 bits per heavy atom. The first-order valence-corrected chi connectivity index (χ1v) is 27.6. The van der Waals surface area contributed by atoms with Crippen molar-refractivity contribution >= 4 is 17.9 Å². The molecular formula is C60H102O6. The van der Waals surface area contributed by atoms with Crippen LogP contribution >= 0.6 is 0 Å². The second-order valence-electron chi connectivity index (χ2n) is 18.1. The number of unbranched alkanes of at least 4 members (excludes halogenated alkanes) is 24. The van der Waals surface area contributed by atoms with E-state index in [0.717, 1.165) is 103 Å². The van der Waals surface area contributed by atoms with Crippen LogP contribution in [0.1, 0.15) is 258 Å². The van der Waals surface area contributed by atoms with E-state index in [1.54, 1.807) is 0 Å². The minimum absolute atomic E-state index is 0.0743. The quantitative estimate of drug-likeness (QED) is 0.0262. The van der Waals surface area contributed by atoms with E-state index in [1.807, 2.05) is 0 Å². The van der Waals surface area contributed by atoms with Crippen LogP contribution in [0.4, 0.5) is 0 Å². The van der Waals surface area contributed by atoms with E-state index in [-0.39, 0.29) is 31.1 Å². The Morgan fingerprint density at radius 1 is 0.318 bits per heavy atom. The van der Waals surface area contributed by atoms with Gasteiger partial charge in [0, 0.05) is 19.3 Å². The Balaban J connectivity index is 3.97. The van der Waals surface area contributed by atoms with Gasteiger partial charge in [-0.2, -0.15) is 0 Å². The average Bonchev–Trinajstić information content (AvgIpc) is 3.31. The minimum Gasteiger partial charge on any atom is -0.462 e. The normalized spacial score (nSPS) is 12.7. The van der Waals surface area contributed by atoms with E-state index in [2.05, 4.69) is 106 Å². The number of esters is 3. The smallest absolute Gasteiger partial charge is 0.306 e. The molecule has 0 rings (SSSR count). The van der Waals surface area contributed by atoms with E-state index < -0.39 is 6.10 Å². The second-order valence-corrected chi connectivity index (χ2v) is 18.1. The zero-order valence-electron chi connectivity index (χ0n) is 43.2. The topological polar surface area (TPSA) is 78.9 Å². The van der Waals surface area contributed by atoms with Crippen LogP contribution in [0.15, 0.2) is 85.1 Å². The number of ether oxygens (including phenoxy) is 3. The van der Waals surface area contributed by atoms with Crippen molar-refractivity contribution in [1.29, 1.82) is 0 Å². The van der Waals surface area contributed by atoms with Crippen LogP contribution in [0.5, 0.6) is 0 Å². The van der Waals surface area contributed by atoms with E-state index in [1.165, 1.54) is 116 Å². The van der Waals surface area contributed by atoms with E-state index in [9.17, 15) is 14.4 Å². The molecule has 0 aliphatic heterocycles. The maximum absolute atomic E-state index is 12.7. The molecule has 6 heteroatoms. The molecule has 1 unspecified atom stereocenters. The first kappa shape index (κ1) is 62.6. The van der Waals surface area contributed by atoms with Crippen LogP contribution in [0.25, 0.3) is 0 Å². The van der Waals surface area contributed by atoms with Gasteiger partial charge in [-0.3, -0.25) is 14.4 Å². The average molecular weight is 919 g/mol. The molecule has 0 aromatic heterocycles. The number of allylic oxidation sites excluding steroid dienone is 14.